The number of rotatable bonds is 5. The third-order valence-electron chi connectivity index (χ3n) is 3.82. The van der Waals surface area contributed by atoms with E-state index in [-0.39, 0.29) is 6.03 Å². The number of benzene rings is 1. The normalized spacial score (nSPS) is 10.6. The first-order chi connectivity index (χ1) is 12.6. The minimum atomic E-state index is -0.228. The third-order valence-corrected chi connectivity index (χ3v) is 4.84. The van der Waals surface area contributed by atoms with Gasteiger partial charge in [-0.1, -0.05) is 35.5 Å². The number of nitrogens with zero attached hydrogens (tertiary/aromatic N) is 2. The van der Waals surface area contributed by atoms with Crippen LogP contribution in [0.3, 0.4) is 0 Å². The smallest absolute Gasteiger partial charge is 0.321 e. The van der Waals surface area contributed by atoms with Gasteiger partial charge in [0.15, 0.2) is 5.13 Å². The van der Waals surface area contributed by atoms with E-state index in [4.69, 9.17) is 4.98 Å². The molecule has 5 nitrogen and oxygen atoms in total. The Morgan fingerprint density at radius 3 is 2.42 bits per heavy atom. The summed E-state index contributed by atoms with van der Waals surface area (Å²) in [6, 6.07) is 10.1. The lowest BCUT2D eigenvalue weighted by molar-refractivity contribution is 0.252. The first kappa shape index (κ1) is 18.1. The molecule has 0 atom stereocenters. The molecule has 0 fully saturated rings. The molecule has 2 aromatic heterocycles. The number of hydrogen-bond donors (Lipinski definition) is 2. The molecule has 0 saturated carbocycles. The summed E-state index contributed by atoms with van der Waals surface area (Å²) in [4.78, 5) is 21.8. The Kier molecular flexibility index (Phi) is 5.63. The number of aromatic nitrogens is 2. The van der Waals surface area contributed by atoms with E-state index in [9.17, 15) is 4.79 Å². The third kappa shape index (κ3) is 4.26. The molecule has 3 aromatic rings. The van der Waals surface area contributed by atoms with Gasteiger partial charge in [-0.2, -0.15) is 0 Å². The van der Waals surface area contributed by atoms with Crippen molar-refractivity contribution < 1.29 is 4.79 Å². The zero-order valence-corrected chi connectivity index (χ0v) is 16.0. The summed E-state index contributed by atoms with van der Waals surface area (Å²) >= 11 is 1.47. The molecule has 0 bridgehead atoms. The first-order valence-electron chi connectivity index (χ1n) is 8.61. The van der Waals surface area contributed by atoms with E-state index in [1.807, 2.05) is 19.1 Å². The van der Waals surface area contributed by atoms with Crippen molar-refractivity contribution in [2.75, 3.05) is 11.9 Å². The van der Waals surface area contributed by atoms with Gasteiger partial charge in [-0.05, 0) is 50.1 Å². The number of carbonyl (C=O) groups is 1. The summed E-state index contributed by atoms with van der Waals surface area (Å²) in [5, 5.41) is 6.24. The fraction of sp³-hybridized carbons (Fsp3) is 0.250. The lowest BCUT2D eigenvalue weighted by atomic mass is 10.0. The van der Waals surface area contributed by atoms with Crippen molar-refractivity contribution in [2.24, 2.45) is 0 Å². The number of aryl methyl sites for hydroxylation is 2. The van der Waals surface area contributed by atoms with Gasteiger partial charge in [0.05, 0.1) is 10.6 Å². The van der Waals surface area contributed by atoms with Gasteiger partial charge in [-0.3, -0.25) is 10.3 Å². The van der Waals surface area contributed by atoms with E-state index in [0.29, 0.717) is 11.7 Å². The van der Waals surface area contributed by atoms with Gasteiger partial charge in [0.1, 0.15) is 0 Å². The van der Waals surface area contributed by atoms with Crippen LogP contribution in [0.15, 0.2) is 42.7 Å². The molecule has 0 aliphatic carbocycles. The Balaban J connectivity index is 2.02. The lowest BCUT2D eigenvalue weighted by Gasteiger charge is -2.05. The summed E-state index contributed by atoms with van der Waals surface area (Å²) in [5.74, 6) is 0. The monoisotopic (exact) mass is 366 g/mol. The maximum Gasteiger partial charge on any atom is 0.321 e. The first-order valence-corrected chi connectivity index (χ1v) is 9.43. The van der Waals surface area contributed by atoms with Crippen molar-refractivity contribution >= 4 is 22.5 Å². The van der Waals surface area contributed by atoms with Crippen LogP contribution in [-0.2, 0) is 0 Å². The lowest BCUT2D eigenvalue weighted by Crippen LogP contribution is -2.29. The molecule has 2 heterocycles. The van der Waals surface area contributed by atoms with E-state index < -0.39 is 0 Å². The minimum Gasteiger partial charge on any atom is -0.338 e. The summed E-state index contributed by atoms with van der Waals surface area (Å²) in [6.45, 7) is 6.81. The maximum atomic E-state index is 12.0. The Labute approximate surface area is 157 Å². The quantitative estimate of drug-likeness (QED) is 0.666. The molecule has 2 amide bonds. The van der Waals surface area contributed by atoms with Crippen LogP contribution < -0.4 is 10.6 Å². The number of hydrogen-bond acceptors (Lipinski definition) is 4. The van der Waals surface area contributed by atoms with Crippen LogP contribution >= 0.6 is 11.3 Å². The summed E-state index contributed by atoms with van der Waals surface area (Å²) in [6.07, 6.45) is 4.42. The van der Waals surface area contributed by atoms with Crippen LogP contribution in [0.5, 0.6) is 0 Å². The molecule has 3 rings (SSSR count). The Morgan fingerprint density at radius 1 is 1.08 bits per heavy atom. The van der Waals surface area contributed by atoms with Crippen molar-refractivity contribution in [3.05, 3.63) is 53.9 Å². The molecule has 6 heteroatoms. The standard InChI is InChI=1S/C20H22N4OS/c1-4-7-22-19(25)24-20-23-17(16-11-13(2)10-14(3)12-16)18(26-20)15-5-8-21-9-6-15/h5-6,8-12H,4,7H2,1-3H3,(H2,22,23,24,25). The number of carbonyl (C=O) groups excluding carboxylic acids is 1. The summed E-state index contributed by atoms with van der Waals surface area (Å²) < 4.78 is 0. The Bertz CT molecular complexity index is 885. The molecular formula is C20H22N4OS. The maximum absolute atomic E-state index is 12.0. The summed E-state index contributed by atoms with van der Waals surface area (Å²) in [5.41, 5.74) is 5.33. The molecule has 0 aliphatic rings. The van der Waals surface area contributed by atoms with Crippen LogP contribution in [0.1, 0.15) is 24.5 Å². The average Bonchev–Trinajstić information content (AvgIpc) is 3.03. The zero-order chi connectivity index (χ0) is 18.5. The number of urea groups is 1. The molecule has 0 aliphatic heterocycles. The highest BCUT2D eigenvalue weighted by atomic mass is 32.1. The van der Waals surface area contributed by atoms with Gasteiger partial charge in [0.25, 0.3) is 0 Å². The van der Waals surface area contributed by atoms with Gasteiger partial charge < -0.3 is 5.32 Å². The highest BCUT2D eigenvalue weighted by molar-refractivity contribution is 7.19. The predicted molar refractivity (Wildman–Crippen MR) is 108 cm³/mol. The molecule has 2 N–H and O–H groups in total. The Morgan fingerprint density at radius 2 is 1.77 bits per heavy atom. The van der Waals surface area contributed by atoms with E-state index in [0.717, 1.165) is 28.1 Å². The van der Waals surface area contributed by atoms with Gasteiger partial charge >= 0.3 is 6.03 Å². The van der Waals surface area contributed by atoms with Gasteiger partial charge in [0.2, 0.25) is 0 Å². The molecule has 0 spiro atoms. The van der Waals surface area contributed by atoms with Crippen molar-refractivity contribution in [1.29, 1.82) is 0 Å². The second-order valence-electron chi connectivity index (χ2n) is 6.19. The average molecular weight is 366 g/mol. The molecule has 1 aromatic carbocycles. The largest absolute Gasteiger partial charge is 0.338 e. The predicted octanol–water partition coefficient (Wildman–Crippen LogP) is 5.02. The van der Waals surface area contributed by atoms with Crippen molar-refractivity contribution in [2.45, 2.75) is 27.2 Å². The van der Waals surface area contributed by atoms with Crippen LogP contribution in [-0.4, -0.2) is 22.5 Å². The van der Waals surface area contributed by atoms with E-state index >= 15 is 0 Å². The number of nitrogens with one attached hydrogen (secondary N) is 2. The van der Waals surface area contributed by atoms with E-state index in [1.165, 1.54) is 22.5 Å². The molecule has 26 heavy (non-hydrogen) atoms. The number of amides is 2. The second kappa shape index (κ2) is 8.10. The number of pyridine rings is 1. The minimum absolute atomic E-state index is 0.228. The fourth-order valence-corrected chi connectivity index (χ4v) is 3.75. The topological polar surface area (TPSA) is 66.9 Å². The molecule has 0 unspecified atom stereocenters. The fourth-order valence-electron chi connectivity index (χ4n) is 2.76. The van der Waals surface area contributed by atoms with Crippen LogP contribution in [0.4, 0.5) is 9.93 Å². The zero-order valence-electron chi connectivity index (χ0n) is 15.2. The second-order valence-corrected chi connectivity index (χ2v) is 7.19. The summed E-state index contributed by atoms with van der Waals surface area (Å²) in [7, 11) is 0. The van der Waals surface area contributed by atoms with Crippen LogP contribution in [0.25, 0.3) is 21.7 Å². The van der Waals surface area contributed by atoms with Crippen molar-refractivity contribution in [3.8, 4) is 21.7 Å². The van der Waals surface area contributed by atoms with Gasteiger partial charge in [-0.15, -0.1) is 0 Å². The highest BCUT2D eigenvalue weighted by Gasteiger charge is 2.17. The van der Waals surface area contributed by atoms with Crippen molar-refractivity contribution in [1.82, 2.24) is 15.3 Å². The van der Waals surface area contributed by atoms with E-state index in [2.05, 4.69) is 47.7 Å². The number of thiazole rings is 1. The van der Waals surface area contributed by atoms with E-state index in [1.54, 1.807) is 12.4 Å². The van der Waals surface area contributed by atoms with Crippen LogP contribution in [0, 0.1) is 13.8 Å². The molecule has 134 valence electrons. The Hall–Kier alpha value is -2.73. The van der Waals surface area contributed by atoms with Crippen LogP contribution in [0.2, 0.25) is 0 Å². The molecule has 0 saturated heterocycles. The number of anilines is 1. The SMILES string of the molecule is CCCNC(=O)Nc1nc(-c2cc(C)cc(C)c2)c(-c2ccncc2)s1. The molecule has 0 radical (unpaired) electrons. The van der Waals surface area contributed by atoms with Gasteiger partial charge in [0, 0.05) is 24.5 Å². The van der Waals surface area contributed by atoms with Crippen molar-refractivity contribution in [3.63, 3.8) is 0 Å². The van der Waals surface area contributed by atoms with Gasteiger partial charge in [-0.25, -0.2) is 9.78 Å². The highest BCUT2D eigenvalue weighted by Crippen LogP contribution is 2.39. The molecular weight excluding hydrogens is 344 g/mol.